The third-order valence-corrected chi connectivity index (χ3v) is 31.1. The molecule has 0 unspecified atom stereocenters. The monoisotopic (exact) mass is 1900 g/mol. The van der Waals surface area contributed by atoms with Crippen LogP contribution >= 0.6 is 11.3 Å². The summed E-state index contributed by atoms with van der Waals surface area (Å²) in [5, 5.41) is 16.8. The van der Waals surface area contributed by atoms with E-state index in [1.807, 2.05) is 72.0 Å². The van der Waals surface area contributed by atoms with Crippen LogP contribution in [0.25, 0.3) is 281 Å². The molecule has 30 aromatic rings. The Kier molecular flexibility index (Phi) is 19.6. The Morgan fingerprint density at radius 3 is 1.03 bits per heavy atom. The molecule has 0 aliphatic heterocycles. The third kappa shape index (κ3) is 13.9. The topological polar surface area (TPSA) is 118 Å². The molecule has 0 saturated carbocycles. The van der Waals surface area contributed by atoms with Crippen molar-refractivity contribution in [1.29, 1.82) is 0 Å². The van der Waals surface area contributed by atoms with Gasteiger partial charge in [-0.25, -0.2) is 29.9 Å². The Bertz CT molecular complexity index is 10600. The number of hydrogen-bond acceptors (Lipinski definition) is 9. The smallest absolute Gasteiger partial charge is 0.235 e. The molecule has 1 aliphatic rings. The van der Waals surface area contributed by atoms with E-state index in [0.717, 1.165) is 187 Å². The number of hydrogen-bond donors (Lipinski definition) is 0. The van der Waals surface area contributed by atoms with E-state index in [1.165, 1.54) is 86.6 Å². The summed E-state index contributed by atoms with van der Waals surface area (Å²) in [5.41, 5.74) is 35.5. The number of furan rings is 2. The molecule has 21 aromatic carbocycles. The molecule has 688 valence electrons. The van der Waals surface area contributed by atoms with Crippen LogP contribution in [-0.4, -0.2) is 43.6 Å². The first-order valence-electron chi connectivity index (χ1n) is 49.8. The number of benzene rings is 21. The molecule has 0 amide bonds. The normalized spacial score (nSPS) is 12.3. The zero-order chi connectivity index (χ0) is 97.1. The third-order valence-electron chi connectivity index (χ3n) is 29.9. The SMILES string of the molecule is CC1(C)c2ccccc2-c2ccc(-c3ccc4c5c6oc7ccccc7c6ccc5n(-c5nc(-c6ccccc6)c6ccccc6n5)c4c3)cc21.c1ccc(-c2cccc(-c3ccc4c(c3)c3c5oc6ccccc6c5ccc3n4-c3nc(-c4ccccc4)c4ccccc4n3)c2)cc1.c1ccc(-c2cccc(-c3ccc4c5c6sc7ccccc7c6ccc5n(-c5nc(-c6ccccc6)c6ccccc6n5)c4c3)c2)cc1. The van der Waals surface area contributed by atoms with Gasteiger partial charge in [-0.2, -0.15) is 0 Å². The second-order valence-corrected chi connectivity index (χ2v) is 39.6. The van der Waals surface area contributed by atoms with Crippen LogP contribution in [-0.2, 0) is 5.41 Å². The summed E-state index contributed by atoms with van der Waals surface area (Å²) in [6.45, 7) is 4.67. The van der Waals surface area contributed by atoms with Gasteiger partial charge < -0.3 is 8.83 Å². The number of aromatic nitrogens is 9. The molecular weight excluding hydrogens is 1810 g/mol. The van der Waals surface area contributed by atoms with Crippen LogP contribution in [0.5, 0.6) is 0 Å². The maximum absolute atomic E-state index is 6.65. The zero-order valence-corrected chi connectivity index (χ0v) is 80.7. The van der Waals surface area contributed by atoms with E-state index in [-0.39, 0.29) is 5.41 Å². The van der Waals surface area contributed by atoms with Crippen molar-refractivity contribution in [3.05, 3.63) is 490 Å². The summed E-state index contributed by atoms with van der Waals surface area (Å²) in [7, 11) is 0. The van der Waals surface area contributed by atoms with Gasteiger partial charge in [-0.1, -0.05) is 384 Å². The average Bonchev–Trinajstić information content (AvgIpc) is 1.56. The van der Waals surface area contributed by atoms with Gasteiger partial charge in [0.25, 0.3) is 0 Å². The summed E-state index contributed by atoms with van der Waals surface area (Å²) in [6.07, 6.45) is 0. The van der Waals surface area contributed by atoms with Crippen LogP contribution in [0, 0.1) is 0 Å². The van der Waals surface area contributed by atoms with Crippen LogP contribution in [0.4, 0.5) is 0 Å². The first-order chi connectivity index (χ1) is 72.6. The molecular formula is C135H85N9O2S. The number of fused-ring (bicyclic) bond motifs is 27. The van der Waals surface area contributed by atoms with E-state index < -0.39 is 0 Å². The highest BCUT2D eigenvalue weighted by Gasteiger charge is 2.36. The maximum Gasteiger partial charge on any atom is 0.235 e. The molecule has 0 spiro atoms. The van der Waals surface area contributed by atoms with Crippen molar-refractivity contribution in [1.82, 2.24) is 43.6 Å². The molecule has 0 bridgehead atoms. The van der Waals surface area contributed by atoms with E-state index in [1.54, 1.807) is 0 Å². The van der Waals surface area contributed by atoms with Gasteiger partial charge in [-0.05, 0) is 187 Å². The van der Waals surface area contributed by atoms with Crippen molar-refractivity contribution in [3.63, 3.8) is 0 Å². The fraction of sp³-hybridized carbons (Fsp3) is 0.0222. The Morgan fingerprint density at radius 2 is 0.537 bits per heavy atom. The summed E-state index contributed by atoms with van der Waals surface area (Å²) in [4.78, 5) is 31.6. The van der Waals surface area contributed by atoms with Crippen LogP contribution < -0.4 is 0 Å². The standard InChI is InChI=1S/C47H31N3O.C44H27N3O.C44H27N3S/c1-47(2)37-17-9-6-14-31(37)32-22-20-29(26-38(32)47)30-21-23-36-41(27-30)50(40-25-24-34-33-15-8-11-19-42(33)51-45(34)43(36)40)46-48-39-18-10-7-16-35(39)44(49-46)28-12-4-3-5-13-28;1-3-12-28(13-4-1)30-16-11-17-31(26-30)32-22-24-38-36(27-32)41-39(25-23-34-33-18-8-10-21-40(33)48-43(34)41)47(38)44-45-37-20-9-7-19-35(37)42(46-44)29-14-5-2-6-15-29;1-3-12-28(13-4-1)30-16-11-17-31(26-30)32-22-23-36-39(27-32)47(38-25-24-34-33-18-8-10-21-40(33)48-43(34)41(36)38)44-45-37-20-9-7-19-35(37)42(46-44)29-14-5-2-6-15-29/h3-27H,1-2H3;2*1-27H. The largest absolute Gasteiger partial charge is 0.455 e. The fourth-order valence-corrected chi connectivity index (χ4v) is 24.1. The first kappa shape index (κ1) is 84.7. The van der Waals surface area contributed by atoms with Crippen LogP contribution in [0.1, 0.15) is 25.0 Å². The molecule has 11 nitrogen and oxygen atoms in total. The Labute approximate surface area is 847 Å². The molecule has 31 rings (SSSR count). The minimum absolute atomic E-state index is 0.0827. The minimum Gasteiger partial charge on any atom is -0.455 e. The molecule has 9 heterocycles. The molecule has 0 N–H and O–H groups in total. The van der Waals surface area contributed by atoms with Crippen LogP contribution in [0.3, 0.4) is 0 Å². The zero-order valence-electron chi connectivity index (χ0n) is 79.9. The molecule has 0 fully saturated rings. The summed E-state index contributed by atoms with van der Waals surface area (Å²) >= 11 is 1.86. The lowest BCUT2D eigenvalue weighted by Gasteiger charge is -2.22. The predicted octanol–water partition coefficient (Wildman–Crippen LogP) is 36.0. The highest BCUT2D eigenvalue weighted by molar-refractivity contribution is 7.26. The number of nitrogens with zero attached hydrogens (tertiary/aromatic N) is 9. The van der Waals surface area contributed by atoms with Gasteiger partial charge in [-0.3, -0.25) is 13.7 Å². The molecule has 147 heavy (non-hydrogen) atoms. The highest BCUT2D eigenvalue weighted by Crippen LogP contribution is 2.53. The molecule has 1 aliphatic carbocycles. The lowest BCUT2D eigenvalue weighted by Crippen LogP contribution is -2.14. The van der Waals surface area contributed by atoms with Gasteiger partial charge in [0.1, 0.15) is 22.3 Å². The molecule has 12 heteroatoms. The molecule has 0 atom stereocenters. The maximum atomic E-state index is 6.65. The Balaban J connectivity index is 0.000000104. The minimum atomic E-state index is -0.0827. The molecule has 0 saturated heterocycles. The van der Waals surface area contributed by atoms with Crippen molar-refractivity contribution < 1.29 is 8.83 Å². The number of thiophene rings is 1. The van der Waals surface area contributed by atoms with Gasteiger partial charge in [0.2, 0.25) is 17.8 Å². The van der Waals surface area contributed by atoms with E-state index in [9.17, 15) is 0 Å². The predicted molar refractivity (Wildman–Crippen MR) is 610 cm³/mol. The van der Waals surface area contributed by atoms with Gasteiger partial charge in [-0.15, -0.1) is 11.3 Å². The van der Waals surface area contributed by atoms with E-state index in [2.05, 4.69) is 446 Å². The molecule has 9 aromatic heterocycles. The second-order valence-electron chi connectivity index (χ2n) is 38.6. The quantitative estimate of drug-likeness (QED) is 0.126. The second kappa shape index (κ2) is 34.1. The lowest BCUT2D eigenvalue weighted by molar-refractivity contribution is 0.660. The van der Waals surface area contributed by atoms with E-state index >= 15 is 0 Å². The van der Waals surface area contributed by atoms with Crippen molar-refractivity contribution >= 4 is 174 Å². The van der Waals surface area contributed by atoms with Gasteiger partial charge in [0.15, 0.2) is 0 Å². The van der Waals surface area contributed by atoms with Crippen LogP contribution in [0.2, 0.25) is 0 Å². The summed E-state index contributed by atoms with van der Waals surface area (Å²) < 4.78 is 22.6. The number of para-hydroxylation sites is 5. The van der Waals surface area contributed by atoms with Gasteiger partial charge >= 0.3 is 0 Å². The van der Waals surface area contributed by atoms with Gasteiger partial charge in [0, 0.05) is 102 Å². The average molecular weight is 1900 g/mol. The van der Waals surface area contributed by atoms with E-state index in [0.29, 0.717) is 17.8 Å². The van der Waals surface area contributed by atoms with Gasteiger partial charge in [0.05, 0.1) is 77.5 Å². The highest BCUT2D eigenvalue weighted by atomic mass is 32.1. The lowest BCUT2D eigenvalue weighted by atomic mass is 9.81. The molecule has 0 radical (unpaired) electrons. The fourth-order valence-electron chi connectivity index (χ4n) is 22.9. The first-order valence-corrected chi connectivity index (χ1v) is 50.7. The summed E-state index contributed by atoms with van der Waals surface area (Å²) in [6, 6.07) is 169. The van der Waals surface area contributed by atoms with Crippen LogP contribution in [0.15, 0.2) is 488 Å². The summed E-state index contributed by atoms with van der Waals surface area (Å²) in [5.74, 6) is 1.93. The van der Waals surface area contributed by atoms with E-state index in [4.69, 9.17) is 38.7 Å². The van der Waals surface area contributed by atoms with Crippen molar-refractivity contribution in [3.8, 4) is 118 Å². The van der Waals surface area contributed by atoms with Crippen molar-refractivity contribution in [2.45, 2.75) is 19.3 Å². The number of rotatable bonds is 11. The Morgan fingerprint density at radius 1 is 0.204 bits per heavy atom. The Hall–Kier alpha value is -19.1. The van der Waals surface area contributed by atoms with Crippen molar-refractivity contribution in [2.24, 2.45) is 0 Å². The van der Waals surface area contributed by atoms with Crippen molar-refractivity contribution in [2.75, 3.05) is 0 Å².